The molecule has 0 aliphatic carbocycles. The van der Waals surface area contributed by atoms with E-state index in [-0.39, 0.29) is 13.0 Å². The summed E-state index contributed by atoms with van der Waals surface area (Å²) < 4.78 is 5.78. The number of carboxylic acid groups (broad SMARTS) is 1. The third-order valence-corrected chi connectivity index (χ3v) is 3.77. The Hall–Kier alpha value is -1.85. The first kappa shape index (κ1) is 16.5. The van der Waals surface area contributed by atoms with Crippen molar-refractivity contribution in [3.8, 4) is 11.5 Å². The molecule has 0 unspecified atom stereocenters. The SMILES string of the molecule is CBr.O=C(O)C1(CCO)c2ccccc2Oc2ccccc21. The van der Waals surface area contributed by atoms with Crippen molar-refractivity contribution < 1.29 is 19.7 Å². The zero-order chi connectivity index (χ0) is 16.2. The summed E-state index contributed by atoms with van der Waals surface area (Å²) in [5.74, 6) is 1.89. The van der Waals surface area contributed by atoms with Crippen molar-refractivity contribution in [2.75, 3.05) is 12.4 Å². The maximum Gasteiger partial charge on any atom is 0.319 e. The Morgan fingerprint density at radius 2 is 1.50 bits per heavy atom. The highest BCUT2D eigenvalue weighted by molar-refractivity contribution is 9.08. The van der Waals surface area contributed by atoms with Crippen molar-refractivity contribution >= 4 is 21.9 Å². The summed E-state index contributed by atoms with van der Waals surface area (Å²) in [5, 5.41) is 19.2. The number of carboxylic acids is 1. The molecular weight excluding hydrogens is 348 g/mol. The summed E-state index contributed by atoms with van der Waals surface area (Å²) in [5.41, 5.74) is -0.0966. The molecule has 116 valence electrons. The number of ether oxygens (including phenoxy) is 1. The van der Waals surface area contributed by atoms with Gasteiger partial charge < -0.3 is 14.9 Å². The van der Waals surface area contributed by atoms with E-state index in [4.69, 9.17) is 4.74 Å². The molecule has 1 aliphatic rings. The van der Waals surface area contributed by atoms with Gasteiger partial charge in [-0.1, -0.05) is 52.3 Å². The van der Waals surface area contributed by atoms with Gasteiger partial charge in [0.05, 0.1) is 0 Å². The predicted octanol–water partition coefficient (Wildman–Crippen LogP) is 3.56. The number of hydrogen-bond acceptors (Lipinski definition) is 3. The molecule has 0 aromatic heterocycles. The van der Waals surface area contributed by atoms with Gasteiger partial charge in [0.25, 0.3) is 0 Å². The van der Waals surface area contributed by atoms with Crippen LogP contribution in [-0.4, -0.2) is 28.6 Å². The number of carbonyl (C=O) groups is 1. The summed E-state index contributed by atoms with van der Waals surface area (Å²) >= 11 is 2.94. The van der Waals surface area contributed by atoms with Crippen LogP contribution in [0.5, 0.6) is 11.5 Å². The third kappa shape index (κ3) is 2.51. The number of rotatable bonds is 3. The average Bonchev–Trinajstić information content (AvgIpc) is 2.56. The second-order valence-corrected chi connectivity index (χ2v) is 4.78. The first-order chi connectivity index (χ1) is 10.7. The summed E-state index contributed by atoms with van der Waals surface area (Å²) in [6.07, 6.45) is 0.111. The van der Waals surface area contributed by atoms with Gasteiger partial charge >= 0.3 is 5.97 Å². The topological polar surface area (TPSA) is 66.8 Å². The molecule has 22 heavy (non-hydrogen) atoms. The van der Waals surface area contributed by atoms with E-state index in [0.717, 1.165) is 0 Å². The van der Waals surface area contributed by atoms with E-state index in [1.54, 1.807) is 48.5 Å². The lowest BCUT2D eigenvalue weighted by Crippen LogP contribution is -2.40. The Morgan fingerprint density at radius 1 is 1.05 bits per heavy atom. The lowest BCUT2D eigenvalue weighted by Gasteiger charge is -2.36. The fourth-order valence-electron chi connectivity index (χ4n) is 2.85. The number of aliphatic hydroxyl groups excluding tert-OH is 1. The summed E-state index contributed by atoms with van der Waals surface area (Å²) in [6.45, 7) is -0.213. The number of hydrogen-bond donors (Lipinski definition) is 2. The lowest BCUT2D eigenvalue weighted by molar-refractivity contribution is -0.143. The van der Waals surface area contributed by atoms with Crippen LogP contribution in [0.1, 0.15) is 17.5 Å². The van der Waals surface area contributed by atoms with E-state index >= 15 is 0 Å². The quantitative estimate of drug-likeness (QED) is 0.817. The molecule has 2 aromatic carbocycles. The molecule has 3 rings (SSSR count). The molecule has 4 nitrogen and oxygen atoms in total. The van der Waals surface area contributed by atoms with Crippen LogP contribution in [0.4, 0.5) is 0 Å². The zero-order valence-corrected chi connectivity index (χ0v) is 13.7. The van der Waals surface area contributed by atoms with Gasteiger partial charge in [0.15, 0.2) is 0 Å². The monoisotopic (exact) mass is 364 g/mol. The number of para-hydroxylation sites is 2. The minimum atomic E-state index is -1.26. The fourth-order valence-corrected chi connectivity index (χ4v) is 2.85. The van der Waals surface area contributed by atoms with Crippen LogP contribution in [0.25, 0.3) is 0 Å². The van der Waals surface area contributed by atoms with E-state index in [1.165, 1.54) is 0 Å². The van der Waals surface area contributed by atoms with E-state index < -0.39 is 11.4 Å². The Kier molecular flexibility index (Phi) is 5.21. The predicted molar refractivity (Wildman–Crippen MR) is 87.9 cm³/mol. The number of aliphatic carboxylic acids is 1. The number of aliphatic hydroxyl groups is 1. The van der Waals surface area contributed by atoms with Crippen molar-refractivity contribution in [1.82, 2.24) is 0 Å². The van der Waals surface area contributed by atoms with Crippen LogP contribution in [0, 0.1) is 0 Å². The molecule has 0 amide bonds. The minimum Gasteiger partial charge on any atom is -0.480 e. The standard InChI is InChI=1S/C16H14O4.CH3Br/c17-10-9-16(15(18)19)11-5-1-3-7-13(11)20-14-8-4-2-6-12(14)16;1-2/h1-8,17H,9-10H2,(H,18,19);1H3. The first-order valence-electron chi connectivity index (χ1n) is 6.79. The van der Waals surface area contributed by atoms with Crippen molar-refractivity contribution in [3.05, 3.63) is 59.7 Å². The van der Waals surface area contributed by atoms with Gasteiger partial charge in [0.1, 0.15) is 16.9 Å². The highest BCUT2D eigenvalue weighted by Crippen LogP contribution is 2.49. The van der Waals surface area contributed by atoms with Gasteiger partial charge in [0.2, 0.25) is 0 Å². The lowest BCUT2D eigenvalue weighted by atomic mass is 9.70. The zero-order valence-electron chi connectivity index (χ0n) is 12.1. The Bertz CT molecular complexity index is 624. The van der Waals surface area contributed by atoms with Gasteiger partial charge in [-0.15, -0.1) is 0 Å². The second-order valence-electron chi connectivity index (χ2n) is 4.78. The second kappa shape index (κ2) is 6.94. The largest absolute Gasteiger partial charge is 0.480 e. The molecule has 5 heteroatoms. The number of benzene rings is 2. The molecule has 2 aromatic rings. The molecule has 0 spiro atoms. The Labute approximate surface area is 137 Å². The van der Waals surface area contributed by atoms with Crippen molar-refractivity contribution in [3.63, 3.8) is 0 Å². The molecule has 0 saturated heterocycles. The van der Waals surface area contributed by atoms with Gasteiger partial charge in [-0.3, -0.25) is 4.79 Å². The van der Waals surface area contributed by atoms with E-state index in [0.29, 0.717) is 22.6 Å². The molecule has 0 radical (unpaired) electrons. The molecule has 0 bridgehead atoms. The Morgan fingerprint density at radius 3 is 1.91 bits per heavy atom. The van der Waals surface area contributed by atoms with Gasteiger partial charge in [-0.05, 0) is 24.4 Å². The summed E-state index contributed by atoms with van der Waals surface area (Å²) in [7, 11) is 0. The molecule has 0 fully saturated rings. The molecule has 1 aliphatic heterocycles. The van der Waals surface area contributed by atoms with Crippen molar-refractivity contribution in [2.24, 2.45) is 0 Å². The third-order valence-electron chi connectivity index (χ3n) is 3.77. The number of alkyl halides is 1. The van der Waals surface area contributed by atoms with E-state index in [1.807, 2.05) is 5.83 Å². The molecule has 2 N–H and O–H groups in total. The van der Waals surface area contributed by atoms with Crippen molar-refractivity contribution in [2.45, 2.75) is 11.8 Å². The van der Waals surface area contributed by atoms with E-state index in [2.05, 4.69) is 15.9 Å². The summed E-state index contributed by atoms with van der Waals surface area (Å²) in [4.78, 5) is 12.0. The Balaban J connectivity index is 0.000000847. The minimum absolute atomic E-state index is 0.111. The molecule has 1 heterocycles. The summed E-state index contributed by atoms with van der Waals surface area (Å²) in [6, 6.07) is 14.2. The van der Waals surface area contributed by atoms with Crippen molar-refractivity contribution in [1.29, 1.82) is 0 Å². The highest BCUT2D eigenvalue weighted by atomic mass is 79.9. The molecule has 0 saturated carbocycles. The fraction of sp³-hybridized carbons (Fsp3) is 0.235. The van der Waals surface area contributed by atoms with Gasteiger partial charge in [-0.2, -0.15) is 0 Å². The maximum atomic E-state index is 12.0. The van der Waals surface area contributed by atoms with Crippen LogP contribution in [0.2, 0.25) is 0 Å². The van der Waals surface area contributed by atoms with Crippen LogP contribution >= 0.6 is 15.9 Å². The highest BCUT2D eigenvalue weighted by Gasteiger charge is 2.48. The maximum absolute atomic E-state index is 12.0. The molecular formula is C17H17BrO4. The van der Waals surface area contributed by atoms with Crippen LogP contribution in [0.15, 0.2) is 48.5 Å². The number of fused-ring (bicyclic) bond motifs is 2. The van der Waals surface area contributed by atoms with Gasteiger partial charge in [0, 0.05) is 17.7 Å². The number of halogens is 1. The van der Waals surface area contributed by atoms with Crippen LogP contribution in [-0.2, 0) is 10.2 Å². The smallest absolute Gasteiger partial charge is 0.319 e. The first-order valence-corrected chi connectivity index (χ1v) is 8.37. The van der Waals surface area contributed by atoms with E-state index in [9.17, 15) is 15.0 Å². The van der Waals surface area contributed by atoms with Gasteiger partial charge in [-0.25, -0.2) is 0 Å². The van der Waals surface area contributed by atoms with Crippen LogP contribution < -0.4 is 4.74 Å². The normalized spacial score (nSPS) is 13.8. The molecule has 0 atom stereocenters. The average molecular weight is 365 g/mol. The van der Waals surface area contributed by atoms with Crippen LogP contribution in [0.3, 0.4) is 0 Å².